The van der Waals surface area contributed by atoms with Crippen LogP contribution in [0, 0.1) is 6.92 Å². The van der Waals surface area contributed by atoms with E-state index in [9.17, 15) is 13.2 Å². The van der Waals surface area contributed by atoms with Crippen molar-refractivity contribution in [1.29, 1.82) is 0 Å². The average molecular weight is 419 g/mol. The van der Waals surface area contributed by atoms with Crippen LogP contribution in [0.25, 0.3) is 6.08 Å². The van der Waals surface area contributed by atoms with E-state index in [-0.39, 0.29) is 22.2 Å². The molecule has 3 aromatic rings. The van der Waals surface area contributed by atoms with Crippen LogP contribution in [0.4, 0.5) is 0 Å². The maximum absolute atomic E-state index is 12.6. The second kappa shape index (κ2) is 7.96. The fourth-order valence-electron chi connectivity index (χ4n) is 2.81. The molecule has 0 aliphatic carbocycles. The Hall–Kier alpha value is -3.71. The maximum Gasteiger partial charge on any atom is 0.363 e. The van der Waals surface area contributed by atoms with Gasteiger partial charge in [-0.05, 0) is 43.3 Å². The Morgan fingerprint density at radius 2 is 1.57 bits per heavy atom. The number of aryl methyl sites for hydroxylation is 1. The molecule has 150 valence electrons. The first-order chi connectivity index (χ1) is 14.4. The zero-order valence-electron chi connectivity index (χ0n) is 16.0. The van der Waals surface area contributed by atoms with Gasteiger partial charge in [0.15, 0.2) is 5.70 Å². The highest BCUT2D eigenvalue weighted by Crippen LogP contribution is 2.27. The van der Waals surface area contributed by atoms with E-state index in [0.29, 0.717) is 11.1 Å². The minimum atomic E-state index is -4.02. The van der Waals surface area contributed by atoms with Crippen molar-refractivity contribution >= 4 is 28.1 Å². The fourth-order valence-corrected chi connectivity index (χ4v) is 3.78. The molecule has 1 heterocycles. The molecule has 0 bridgehead atoms. The molecule has 0 atom stereocenters. The van der Waals surface area contributed by atoms with Gasteiger partial charge in [0.1, 0.15) is 10.6 Å². The largest absolute Gasteiger partial charge is 0.402 e. The summed E-state index contributed by atoms with van der Waals surface area (Å²) in [5.41, 5.74) is 2.19. The van der Waals surface area contributed by atoms with Gasteiger partial charge in [-0.3, -0.25) is 0 Å². The van der Waals surface area contributed by atoms with Gasteiger partial charge in [-0.2, -0.15) is 8.42 Å². The SMILES string of the molecule is Cc1ccc(C2=NC(=Cc3ccccc3OS(=O)(=O)c3ccccc3)C(=O)O2)cc1. The summed E-state index contributed by atoms with van der Waals surface area (Å²) < 4.78 is 35.7. The highest BCUT2D eigenvalue weighted by molar-refractivity contribution is 7.87. The third-order valence-corrected chi connectivity index (χ3v) is 5.61. The summed E-state index contributed by atoms with van der Waals surface area (Å²) in [6.45, 7) is 1.96. The third-order valence-electron chi connectivity index (χ3n) is 4.36. The molecule has 0 unspecified atom stereocenters. The molecule has 0 aromatic heterocycles. The Labute approximate surface area is 174 Å². The molecule has 0 spiro atoms. The van der Waals surface area contributed by atoms with Crippen molar-refractivity contribution in [3.05, 3.63) is 101 Å². The molecule has 6 nitrogen and oxygen atoms in total. The quantitative estimate of drug-likeness (QED) is 0.353. The molecule has 0 fully saturated rings. The van der Waals surface area contributed by atoms with Crippen LogP contribution in [0.1, 0.15) is 16.7 Å². The highest BCUT2D eigenvalue weighted by Gasteiger charge is 2.25. The van der Waals surface area contributed by atoms with Crippen LogP contribution in [-0.2, 0) is 19.6 Å². The van der Waals surface area contributed by atoms with Crippen molar-refractivity contribution in [2.75, 3.05) is 0 Å². The Morgan fingerprint density at radius 3 is 2.30 bits per heavy atom. The number of benzene rings is 3. The fraction of sp³-hybridized carbons (Fsp3) is 0.0435. The number of rotatable bonds is 5. The lowest BCUT2D eigenvalue weighted by molar-refractivity contribution is -0.129. The van der Waals surface area contributed by atoms with E-state index in [2.05, 4.69) is 4.99 Å². The van der Waals surface area contributed by atoms with E-state index in [1.807, 2.05) is 31.2 Å². The minimum absolute atomic E-state index is 0.0346. The van der Waals surface area contributed by atoms with Crippen LogP contribution in [0.15, 0.2) is 94.4 Å². The van der Waals surface area contributed by atoms with E-state index in [1.54, 1.807) is 36.4 Å². The zero-order valence-corrected chi connectivity index (χ0v) is 16.8. The molecule has 4 rings (SSSR count). The van der Waals surface area contributed by atoms with Gasteiger partial charge in [0.25, 0.3) is 0 Å². The monoisotopic (exact) mass is 419 g/mol. The summed E-state index contributed by atoms with van der Waals surface area (Å²) in [5.74, 6) is -0.339. The molecule has 1 aliphatic heterocycles. The highest BCUT2D eigenvalue weighted by atomic mass is 32.2. The van der Waals surface area contributed by atoms with Crippen LogP contribution in [0.2, 0.25) is 0 Å². The number of esters is 1. The molecule has 30 heavy (non-hydrogen) atoms. The standard InChI is InChI=1S/C23H17NO5S/c1-16-11-13-17(14-12-16)22-24-20(23(25)28-22)15-18-7-5-6-10-21(18)29-30(26,27)19-8-3-2-4-9-19/h2-15H,1H3. The molecular formula is C23H17NO5S. The van der Waals surface area contributed by atoms with Gasteiger partial charge in [0.05, 0.1) is 0 Å². The van der Waals surface area contributed by atoms with E-state index < -0.39 is 16.1 Å². The zero-order chi connectivity index (χ0) is 21.1. The second-order valence-corrected chi connectivity index (χ2v) is 8.14. The summed E-state index contributed by atoms with van der Waals surface area (Å²) in [5, 5.41) is 0. The number of aliphatic imine (C=N–C) groups is 1. The lowest BCUT2D eigenvalue weighted by Gasteiger charge is -2.09. The Morgan fingerprint density at radius 1 is 0.900 bits per heavy atom. The molecule has 0 saturated heterocycles. The Kier molecular flexibility index (Phi) is 5.20. The number of carbonyl (C=O) groups is 1. The molecule has 1 aliphatic rings. The maximum atomic E-state index is 12.6. The van der Waals surface area contributed by atoms with E-state index in [4.69, 9.17) is 8.92 Å². The predicted octanol–water partition coefficient (Wildman–Crippen LogP) is 4.11. The van der Waals surface area contributed by atoms with Gasteiger partial charge in [-0.15, -0.1) is 0 Å². The molecule has 0 amide bonds. The van der Waals surface area contributed by atoms with Gasteiger partial charge in [-0.25, -0.2) is 9.79 Å². The third kappa shape index (κ3) is 4.16. The Bertz CT molecular complexity index is 1260. The van der Waals surface area contributed by atoms with Crippen molar-refractivity contribution in [3.63, 3.8) is 0 Å². The molecular weight excluding hydrogens is 402 g/mol. The molecule has 0 saturated carbocycles. The van der Waals surface area contributed by atoms with Crippen molar-refractivity contribution in [2.24, 2.45) is 4.99 Å². The van der Waals surface area contributed by atoms with Crippen molar-refractivity contribution in [3.8, 4) is 5.75 Å². The van der Waals surface area contributed by atoms with Gasteiger partial charge >= 0.3 is 16.1 Å². The number of ether oxygens (including phenoxy) is 1. The first-order valence-corrected chi connectivity index (χ1v) is 10.5. The van der Waals surface area contributed by atoms with Gasteiger partial charge in [0, 0.05) is 11.1 Å². The summed E-state index contributed by atoms with van der Waals surface area (Å²) in [6.07, 6.45) is 1.44. The van der Waals surface area contributed by atoms with Crippen molar-refractivity contribution in [2.45, 2.75) is 11.8 Å². The van der Waals surface area contributed by atoms with Crippen LogP contribution < -0.4 is 4.18 Å². The summed E-state index contributed by atoms with van der Waals surface area (Å²) in [7, 11) is -4.02. The molecule has 3 aromatic carbocycles. The first-order valence-electron chi connectivity index (χ1n) is 9.10. The van der Waals surface area contributed by atoms with Crippen LogP contribution in [0.3, 0.4) is 0 Å². The summed E-state index contributed by atoms with van der Waals surface area (Å²) >= 11 is 0. The average Bonchev–Trinajstić information content (AvgIpc) is 3.11. The topological polar surface area (TPSA) is 82.0 Å². The molecule has 0 N–H and O–H groups in total. The van der Waals surface area contributed by atoms with Crippen LogP contribution >= 0.6 is 0 Å². The van der Waals surface area contributed by atoms with Crippen LogP contribution in [-0.4, -0.2) is 20.3 Å². The van der Waals surface area contributed by atoms with E-state index >= 15 is 0 Å². The number of carbonyl (C=O) groups excluding carboxylic acids is 1. The van der Waals surface area contributed by atoms with Crippen molar-refractivity contribution in [1.82, 2.24) is 0 Å². The van der Waals surface area contributed by atoms with Crippen molar-refractivity contribution < 1.29 is 22.1 Å². The normalized spacial score (nSPS) is 15.0. The van der Waals surface area contributed by atoms with Crippen LogP contribution in [0.5, 0.6) is 5.75 Å². The minimum Gasteiger partial charge on any atom is -0.402 e. The Balaban J connectivity index is 1.66. The van der Waals surface area contributed by atoms with Gasteiger partial charge < -0.3 is 8.92 Å². The first kappa shape index (κ1) is 19.6. The number of hydrogen-bond acceptors (Lipinski definition) is 6. The number of para-hydroxylation sites is 1. The van der Waals surface area contributed by atoms with Gasteiger partial charge in [0.2, 0.25) is 5.90 Å². The predicted molar refractivity (Wildman–Crippen MR) is 112 cm³/mol. The number of cyclic esters (lactones) is 1. The molecule has 0 radical (unpaired) electrons. The lowest BCUT2D eigenvalue weighted by atomic mass is 10.1. The van der Waals surface area contributed by atoms with E-state index in [0.717, 1.165) is 5.56 Å². The summed E-state index contributed by atoms with van der Waals surface area (Å²) in [4.78, 5) is 16.6. The van der Waals surface area contributed by atoms with E-state index in [1.165, 1.54) is 24.3 Å². The van der Waals surface area contributed by atoms with Gasteiger partial charge in [-0.1, -0.05) is 54.1 Å². The lowest BCUT2D eigenvalue weighted by Crippen LogP contribution is -2.10. The molecule has 7 heteroatoms. The number of nitrogens with zero attached hydrogens (tertiary/aromatic N) is 1. The smallest absolute Gasteiger partial charge is 0.363 e. The number of hydrogen-bond donors (Lipinski definition) is 0. The second-order valence-electron chi connectivity index (χ2n) is 6.59. The summed E-state index contributed by atoms with van der Waals surface area (Å²) in [6, 6.07) is 21.7.